The number of amides is 3. The highest BCUT2D eigenvalue weighted by atomic mass is 79.9. The van der Waals surface area contributed by atoms with Crippen molar-refractivity contribution in [3.63, 3.8) is 0 Å². The first-order valence-electron chi connectivity index (χ1n) is 9.27. The zero-order valence-corrected chi connectivity index (χ0v) is 18.6. The maximum absolute atomic E-state index is 13.7. The number of ether oxygens (including phenoxy) is 1. The van der Waals surface area contributed by atoms with Crippen LogP contribution in [0.3, 0.4) is 0 Å². The molecule has 8 heteroatoms. The molecular weight excluding hydrogens is 470 g/mol. The predicted octanol–water partition coefficient (Wildman–Crippen LogP) is 6.41. The monoisotopic (exact) mass is 488 g/mol. The van der Waals surface area contributed by atoms with Gasteiger partial charge in [0.1, 0.15) is 28.7 Å². The predicted molar refractivity (Wildman–Crippen MR) is 118 cm³/mol. The van der Waals surface area contributed by atoms with Gasteiger partial charge in [-0.3, -0.25) is 10.1 Å². The standard InChI is InChI=1S/C23H19BrF2N2O3/c1-12-9-15(24)7-8-19(12)31-21-13(2)10-16(11-14(21)3)27-23(30)28-22(29)20-17(25)5-4-6-18(20)26/h4-11H,1-3H3,(H2,27,28,29,30). The smallest absolute Gasteiger partial charge is 0.326 e. The van der Waals surface area contributed by atoms with Crippen LogP contribution < -0.4 is 15.4 Å². The summed E-state index contributed by atoms with van der Waals surface area (Å²) in [6, 6.07) is 11.1. The Kier molecular flexibility index (Phi) is 6.70. The quantitative estimate of drug-likeness (QED) is 0.445. The minimum atomic E-state index is -1.17. The Bertz CT molecular complexity index is 1140. The van der Waals surface area contributed by atoms with Crippen LogP contribution in [0.1, 0.15) is 27.0 Å². The van der Waals surface area contributed by atoms with Crippen LogP contribution in [0.15, 0.2) is 53.0 Å². The largest absolute Gasteiger partial charge is 0.457 e. The first kappa shape index (κ1) is 22.4. The van der Waals surface area contributed by atoms with E-state index in [-0.39, 0.29) is 0 Å². The van der Waals surface area contributed by atoms with Gasteiger partial charge in [-0.25, -0.2) is 13.6 Å². The van der Waals surface area contributed by atoms with E-state index in [1.54, 1.807) is 12.1 Å². The number of halogens is 3. The molecule has 0 fully saturated rings. The second kappa shape index (κ2) is 9.26. The third-order valence-corrected chi connectivity index (χ3v) is 4.98. The van der Waals surface area contributed by atoms with E-state index in [0.717, 1.165) is 39.4 Å². The van der Waals surface area contributed by atoms with Gasteiger partial charge >= 0.3 is 6.03 Å². The molecule has 3 aromatic rings. The fourth-order valence-corrected chi connectivity index (χ4v) is 3.54. The summed E-state index contributed by atoms with van der Waals surface area (Å²) in [6.07, 6.45) is 0. The van der Waals surface area contributed by atoms with Crippen molar-refractivity contribution in [2.75, 3.05) is 5.32 Å². The molecule has 0 spiro atoms. The first-order valence-corrected chi connectivity index (χ1v) is 10.1. The molecule has 0 atom stereocenters. The molecule has 0 radical (unpaired) electrons. The lowest BCUT2D eigenvalue weighted by Gasteiger charge is -2.16. The molecule has 0 aliphatic carbocycles. The molecule has 0 unspecified atom stereocenters. The van der Waals surface area contributed by atoms with E-state index in [1.807, 2.05) is 44.3 Å². The normalized spacial score (nSPS) is 10.5. The van der Waals surface area contributed by atoms with Crippen LogP contribution in [-0.4, -0.2) is 11.9 Å². The topological polar surface area (TPSA) is 67.4 Å². The van der Waals surface area contributed by atoms with Crippen molar-refractivity contribution in [3.05, 3.63) is 86.9 Å². The van der Waals surface area contributed by atoms with E-state index < -0.39 is 29.1 Å². The van der Waals surface area contributed by atoms with Crippen LogP contribution in [-0.2, 0) is 0 Å². The maximum Gasteiger partial charge on any atom is 0.326 e. The summed E-state index contributed by atoms with van der Waals surface area (Å²) in [4.78, 5) is 24.2. The molecule has 3 rings (SSSR count). The number of imide groups is 1. The molecule has 2 N–H and O–H groups in total. The highest BCUT2D eigenvalue weighted by molar-refractivity contribution is 9.10. The number of aryl methyl sites for hydroxylation is 3. The summed E-state index contributed by atoms with van der Waals surface area (Å²) in [5.74, 6) is -1.94. The van der Waals surface area contributed by atoms with Crippen molar-refractivity contribution in [1.82, 2.24) is 5.32 Å². The van der Waals surface area contributed by atoms with Crippen LogP contribution in [0.2, 0.25) is 0 Å². The average Bonchev–Trinajstić information content (AvgIpc) is 2.65. The van der Waals surface area contributed by atoms with Gasteiger partial charge in [0.15, 0.2) is 0 Å². The van der Waals surface area contributed by atoms with Crippen LogP contribution in [0.5, 0.6) is 11.5 Å². The molecule has 0 bridgehead atoms. The summed E-state index contributed by atoms with van der Waals surface area (Å²) >= 11 is 3.42. The minimum absolute atomic E-state index is 0.397. The Morgan fingerprint density at radius 2 is 1.52 bits per heavy atom. The van der Waals surface area contributed by atoms with E-state index in [0.29, 0.717) is 17.2 Å². The van der Waals surface area contributed by atoms with Crippen LogP contribution in [0.4, 0.5) is 19.3 Å². The van der Waals surface area contributed by atoms with Gasteiger partial charge in [0.2, 0.25) is 0 Å². The fraction of sp³-hybridized carbons (Fsp3) is 0.130. The van der Waals surface area contributed by atoms with Gasteiger partial charge in [0.25, 0.3) is 5.91 Å². The molecule has 0 heterocycles. The Hall–Kier alpha value is -3.26. The highest BCUT2D eigenvalue weighted by Crippen LogP contribution is 2.33. The van der Waals surface area contributed by atoms with E-state index in [9.17, 15) is 18.4 Å². The van der Waals surface area contributed by atoms with Gasteiger partial charge in [0, 0.05) is 10.2 Å². The molecule has 0 aliphatic rings. The molecule has 0 saturated carbocycles. The second-order valence-corrected chi connectivity index (χ2v) is 7.87. The van der Waals surface area contributed by atoms with Gasteiger partial charge in [-0.2, -0.15) is 0 Å². The van der Waals surface area contributed by atoms with Crippen molar-refractivity contribution in [1.29, 1.82) is 0 Å². The number of urea groups is 1. The lowest BCUT2D eigenvalue weighted by Crippen LogP contribution is -2.35. The van der Waals surface area contributed by atoms with Crippen molar-refractivity contribution in [3.8, 4) is 11.5 Å². The number of rotatable bonds is 4. The number of anilines is 1. The molecule has 0 saturated heterocycles. The third kappa shape index (κ3) is 5.27. The van der Waals surface area contributed by atoms with Crippen molar-refractivity contribution in [2.24, 2.45) is 0 Å². The Morgan fingerprint density at radius 3 is 2.10 bits per heavy atom. The molecule has 0 aliphatic heterocycles. The van der Waals surface area contributed by atoms with E-state index in [4.69, 9.17) is 4.74 Å². The molecule has 3 amide bonds. The summed E-state index contributed by atoms with van der Waals surface area (Å²) in [5, 5.41) is 4.42. The van der Waals surface area contributed by atoms with Crippen LogP contribution >= 0.6 is 15.9 Å². The first-order chi connectivity index (χ1) is 14.7. The zero-order valence-electron chi connectivity index (χ0n) is 17.0. The Labute approximate surface area is 186 Å². The fourth-order valence-electron chi connectivity index (χ4n) is 3.06. The van der Waals surface area contributed by atoms with E-state index >= 15 is 0 Å². The molecule has 0 aromatic heterocycles. The zero-order chi connectivity index (χ0) is 22.7. The summed E-state index contributed by atoms with van der Waals surface area (Å²) in [6.45, 7) is 5.57. The molecular formula is C23H19BrF2N2O3. The van der Waals surface area contributed by atoms with Gasteiger partial charge in [-0.05, 0) is 79.9 Å². The lowest BCUT2D eigenvalue weighted by atomic mass is 10.1. The summed E-state index contributed by atoms with van der Waals surface area (Å²) in [7, 11) is 0. The Balaban J connectivity index is 1.74. The summed E-state index contributed by atoms with van der Waals surface area (Å²) in [5.41, 5.74) is 2.04. The van der Waals surface area contributed by atoms with Crippen molar-refractivity contribution < 1.29 is 23.1 Å². The van der Waals surface area contributed by atoms with Crippen LogP contribution in [0, 0.1) is 32.4 Å². The van der Waals surface area contributed by atoms with Gasteiger partial charge in [-0.15, -0.1) is 0 Å². The van der Waals surface area contributed by atoms with Gasteiger partial charge in [0.05, 0.1) is 0 Å². The molecule has 3 aromatic carbocycles. The number of carbonyl (C=O) groups excluding carboxylic acids is 2. The number of nitrogens with one attached hydrogen (secondary N) is 2. The number of carbonyl (C=O) groups is 2. The SMILES string of the molecule is Cc1cc(Br)ccc1Oc1c(C)cc(NC(=O)NC(=O)c2c(F)cccc2F)cc1C. The lowest BCUT2D eigenvalue weighted by molar-refractivity contribution is 0.0959. The minimum Gasteiger partial charge on any atom is -0.457 e. The molecule has 160 valence electrons. The average molecular weight is 489 g/mol. The highest BCUT2D eigenvalue weighted by Gasteiger charge is 2.19. The molecule has 31 heavy (non-hydrogen) atoms. The Morgan fingerprint density at radius 1 is 0.903 bits per heavy atom. The van der Waals surface area contributed by atoms with Gasteiger partial charge in [-0.1, -0.05) is 22.0 Å². The number of hydrogen-bond donors (Lipinski definition) is 2. The number of benzene rings is 3. The van der Waals surface area contributed by atoms with E-state index in [2.05, 4.69) is 21.2 Å². The third-order valence-electron chi connectivity index (χ3n) is 4.48. The summed E-state index contributed by atoms with van der Waals surface area (Å²) < 4.78 is 34.4. The van der Waals surface area contributed by atoms with E-state index in [1.165, 1.54) is 0 Å². The number of hydrogen-bond acceptors (Lipinski definition) is 3. The second-order valence-electron chi connectivity index (χ2n) is 6.96. The van der Waals surface area contributed by atoms with Crippen molar-refractivity contribution >= 4 is 33.6 Å². The van der Waals surface area contributed by atoms with Crippen molar-refractivity contribution in [2.45, 2.75) is 20.8 Å². The molecule has 5 nitrogen and oxygen atoms in total. The van der Waals surface area contributed by atoms with Crippen LogP contribution in [0.25, 0.3) is 0 Å². The maximum atomic E-state index is 13.7. The van der Waals surface area contributed by atoms with Gasteiger partial charge < -0.3 is 10.1 Å².